The molecule has 1 aromatic heterocycles. The number of rotatable bonds is 8. The second kappa shape index (κ2) is 12.7. The van der Waals surface area contributed by atoms with E-state index in [1.165, 1.54) is 30.6 Å². The number of carboxylic acid groups (broad SMARTS) is 1. The number of likely N-dealkylation sites (tertiary alicyclic amines) is 1. The highest BCUT2D eigenvalue weighted by Crippen LogP contribution is 2.37. The smallest absolute Gasteiger partial charge is 0.335 e. The Bertz CT molecular complexity index is 1550. The summed E-state index contributed by atoms with van der Waals surface area (Å²) in [5.41, 5.74) is 0.832. The maximum absolute atomic E-state index is 13.9. The van der Waals surface area contributed by atoms with E-state index >= 15 is 0 Å². The molecule has 240 valence electrons. The van der Waals surface area contributed by atoms with Gasteiger partial charge in [0.25, 0.3) is 0 Å². The number of carbonyl (C=O) groups excluding carboxylic acids is 2. The number of nitrogens with zero attached hydrogens (tertiary/aromatic N) is 6. The lowest BCUT2D eigenvalue weighted by atomic mass is 9.95. The molecule has 4 atom stereocenters. The van der Waals surface area contributed by atoms with Crippen LogP contribution in [0.25, 0.3) is 0 Å². The number of urea groups is 1. The number of halogens is 2. The zero-order chi connectivity index (χ0) is 32.0. The van der Waals surface area contributed by atoms with E-state index in [4.69, 9.17) is 16.3 Å². The molecule has 2 N–H and O–H groups in total. The average molecular weight is 660 g/mol. The largest absolute Gasteiger partial charge is 0.478 e. The SMILES string of the molecule is COC(=O)[C@H]1C[C@@H](N2C[C@@H]3CN(CC4=C(C(=O)O)[C@H](c5ccc(F)cc5Cl)N=C(c5nccs5)N4)CCN3C2=O)CN1C(C)C. The van der Waals surface area contributed by atoms with Gasteiger partial charge in [0.15, 0.2) is 10.8 Å². The van der Waals surface area contributed by atoms with Gasteiger partial charge in [-0.1, -0.05) is 17.7 Å². The third kappa shape index (κ3) is 6.03. The molecule has 45 heavy (non-hydrogen) atoms. The van der Waals surface area contributed by atoms with Crippen molar-refractivity contribution >= 4 is 46.7 Å². The molecular weight excluding hydrogens is 625 g/mol. The summed E-state index contributed by atoms with van der Waals surface area (Å²) in [5, 5.41) is 16.1. The fraction of sp³-hybridized carbons (Fsp3) is 0.500. The normalized spacial score (nSPS) is 25.9. The van der Waals surface area contributed by atoms with Gasteiger partial charge in [-0.2, -0.15) is 0 Å². The molecule has 1 aromatic carbocycles. The molecule has 0 bridgehead atoms. The van der Waals surface area contributed by atoms with Gasteiger partial charge in [-0.15, -0.1) is 11.3 Å². The summed E-state index contributed by atoms with van der Waals surface area (Å²) in [6.45, 7) is 6.98. The lowest BCUT2D eigenvalue weighted by Gasteiger charge is -2.38. The number of hydrogen-bond donors (Lipinski definition) is 2. The van der Waals surface area contributed by atoms with Crippen molar-refractivity contribution in [1.82, 2.24) is 29.9 Å². The highest BCUT2D eigenvalue weighted by molar-refractivity contribution is 7.11. The molecule has 2 aromatic rings. The van der Waals surface area contributed by atoms with Gasteiger partial charge in [0.05, 0.1) is 18.7 Å². The summed E-state index contributed by atoms with van der Waals surface area (Å²) < 4.78 is 19.0. The minimum Gasteiger partial charge on any atom is -0.478 e. The van der Waals surface area contributed by atoms with Crippen molar-refractivity contribution in [3.05, 3.63) is 62.5 Å². The molecule has 0 unspecified atom stereocenters. The number of nitrogens with one attached hydrogen (secondary N) is 1. The molecule has 3 fully saturated rings. The third-order valence-corrected chi connectivity index (χ3v) is 10.1. The molecule has 4 aliphatic rings. The lowest BCUT2D eigenvalue weighted by Crippen LogP contribution is -2.53. The molecule has 4 aliphatic heterocycles. The van der Waals surface area contributed by atoms with Crippen LogP contribution in [0.1, 0.15) is 36.9 Å². The van der Waals surface area contributed by atoms with E-state index in [-0.39, 0.29) is 47.3 Å². The summed E-state index contributed by atoms with van der Waals surface area (Å²) >= 11 is 7.77. The molecule has 2 amide bonds. The Kier molecular flexibility index (Phi) is 8.83. The number of aromatic nitrogens is 1. The fourth-order valence-electron chi connectivity index (χ4n) is 6.84. The number of fused-ring (bicyclic) bond motifs is 1. The van der Waals surface area contributed by atoms with Crippen LogP contribution in [0.15, 0.2) is 46.0 Å². The summed E-state index contributed by atoms with van der Waals surface area (Å²) in [6.07, 6.45) is 2.16. The molecule has 0 spiro atoms. The van der Waals surface area contributed by atoms with Crippen LogP contribution in [-0.4, -0.2) is 124 Å². The average Bonchev–Trinajstić information content (AvgIpc) is 3.76. The van der Waals surface area contributed by atoms with Gasteiger partial charge in [0, 0.05) is 79.2 Å². The summed E-state index contributed by atoms with van der Waals surface area (Å²) in [7, 11) is 1.39. The first-order chi connectivity index (χ1) is 21.5. The van der Waals surface area contributed by atoms with Crippen molar-refractivity contribution in [2.24, 2.45) is 4.99 Å². The van der Waals surface area contributed by atoms with Gasteiger partial charge in [-0.3, -0.25) is 19.6 Å². The van der Waals surface area contributed by atoms with E-state index in [1.807, 2.05) is 23.6 Å². The number of amidine groups is 1. The maximum atomic E-state index is 13.9. The first-order valence-electron chi connectivity index (χ1n) is 14.8. The maximum Gasteiger partial charge on any atom is 0.335 e. The monoisotopic (exact) mass is 659 g/mol. The van der Waals surface area contributed by atoms with Crippen LogP contribution in [0.4, 0.5) is 9.18 Å². The van der Waals surface area contributed by atoms with E-state index in [0.717, 1.165) is 6.07 Å². The predicted molar refractivity (Wildman–Crippen MR) is 166 cm³/mol. The number of methoxy groups -OCH3 is 1. The van der Waals surface area contributed by atoms with Crippen LogP contribution in [0.5, 0.6) is 0 Å². The molecule has 0 saturated carbocycles. The van der Waals surface area contributed by atoms with Gasteiger partial charge in [0.2, 0.25) is 0 Å². The summed E-state index contributed by atoms with van der Waals surface area (Å²) in [5.74, 6) is -1.57. The van der Waals surface area contributed by atoms with Crippen LogP contribution >= 0.6 is 22.9 Å². The second-order valence-corrected chi connectivity index (χ2v) is 13.2. The van der Waals surface area contributed by atoms with Crippen molar-refractivity contribution in [2.75, 3.05) is 46.4 Å². The minimum absolute atomic E-state index is 0.0175. The van der Waals surface area contributed by atoms with Crippen LogP contribution in [0.2, 0.25) is 5.02 Å². The Balaban J connectivity index is 1.23. The van der Waals surface area contributed by atoms with Crippen molar-refractivity contribution in [3.8, 4) is 0 Å². The number of piperazine rings is 1. The Morgan fingerprint density at radius 3 is 2.67 bits per heavy atom. The van der Waals surface area contributed by atoms with E-state index in [9.17, 15) is 23.9 Å². The Morgan fingerprint density at radius 1 is 1.20 bits per heavy atom. The van der Waals surface area contributed by atoms with E-state index in [2.05, 4.69) is 25.1 Å². The number of carbonyl (C=O) groups is 3. The zero-order valence-electron chi connectivity index (χ0n) is 25.2. The van der Waals surface area contributed by atoms with E-state index in [0.29, 0.717) is 61.2 Å². The Hall–Kier alpha value is -3.59. The molecule has 12 nitrogen and oxygen atoms in total. The molecule has 0 aliphatic carbocycles. The van der Waals surface area contributed by atoms with Crippen molar-refractivity contribution in [1.29, 1.82) is 0 Å². The third-order valence-electron chi connectivity index (χ3n) is 8.99. The van der Waals surface area contributed by atoms with Gasteiger partial charge in [-0.25, -0.2) is 19.0 Å². The van der Waals surface area contributed by atoms with Gasteiger partial charge in [0.1, 0.15) is 17.9 Å². The summed E-state index contributed by atoms with van der Waals surface area (Å²) in [4.78, 5) is 55.8. The molecule has 3 saturated heterocycles. The standard InChI is InChI=1S/C30H35ClFN7O5S/c1-16(2)38-13-18(11-23(38)29(42)44-3)39-14-19-12-36(7-8-37(19)30(39)43)15-22-24(28(40)41)25(20-5-4-17(32)10-21(20)31)35-26(34-22)27-33-6-9-45-27/h4-6,9-10,16,18-19,23,25H,7-8,11-15H2,1-3H3,(H,34,35)(H,40,41)/t18-,19+,23-,25+/m1/s1. The van der Waals surface area contributed by atoms with Crippen molar-refractivity contribution < 1.29 is 28.6 Å². The van der Waals surface area contributed by atoms with Crippen molar-refractivity contribution in [2.45, 2.75) is 50.5 Å². The van der Waals surface area contributed by atoms with Gasteiger partial charge >= 0.3 is 18.0 Å². The Labute approximate surface area is 269 Å². The number of benzene rings is 1. The number of aliphatic carboxylic acids is 1. The number of carboxylic acids is 1. The van der Waals surface area contributed by atoms with Crippen LogP contribution in [-0.2, 0) is 14.3 Å². The zero-order valence-corrected chi connectivity index (χ0v) is 26.7. The first-order valence-corrected chi connectivity index (χ1v) is 16.1. The molecule has 0 radical (unpaired) electrons. The van der Waals surface area contributed by atoms with Crippen molar-refractivity contribution in [3.63, 3.8) is 0 Å². The topological polar surface area (TPSA) is 131 Å². The number of ether oxygens (including phenoxy) is 1. The van der Waals surface area contributed by atoms with Gasteiger partial charge in [-0.05, 0) is 32.4 Å². The van der Waals surface area contributed by atoms with Crippen LogP contribution < -0.4 is 5.32 Å². The summed E-state index contributed by atoms with van der Waals surface area (Å²) in [6, 6.07) is 2.36. The predicted octanol–water partition coefficient (Wildman–Crippen LogP) is 2.81. The molecule has 15 heteroatoms. The fourth-order valence-corrected chi connectivity index (χ4v) is 7.70. The number of amides is 2. The first kappa shape index (κ1) is 31.4. The number of esters is 1. The second-order valence-electron chi connectivity index (χ2n) is 11.9. The highest BCUT2D eigenvalue weighted by Gasteiger charge is 2.48. The van der Waals surface area contributed by atoms with E-state index < -0.39 is 23.9 Å². The Morgan fingerprint density at radius 2 is 2.00 bits per heavy atom. The van der Waals surface area contributed by atoms with Gasteiger partial charge < -0.3 is 25.0 Å². The lowest BCUT2D eigenvalue weighted by molar-refractivity contribution is -0.146. The number of thiazole rings is 1. The minimum atomic E-state index is -1.17. The molecule has 5 heterocycles. The molecule has 6 rings (SSSR count). The number of aliphatic imine (C=N–C) groups is 1. The van der Waals surface area contributed by atoms with Crippen LogP contribution in [0.3, 0.4) is 0 Å². The molecular formula is C30H35ClFN7O5S. The quantitative estimate of drug-likeness (QED) is 0.411. The number of hydrogen-bond acceptors (Lipinski definition) is 10. The van der Waals surface area contributed by atoms with Crippen LogP contribution in [0, 0.1) is 5.82 Å². The highest BCUT2D eigenvalue weighted by atomic mass is 35.5. The van der Waals surface area contributed by atoms with E-state index in [1.54, 1.807) is 11.6 Å².